The quantitative estimate of drug-likeness (QED) is 0.0307. The normalized spacial score (nSPS) is 14.9. The van der Waals surface area contributed by atoms with E-state index in [2.05, 4.69) is 42.5 Å². The number of aliphatic carboxylic acids is 2. The molecule has 0 spiro atoms. The van der Waals surface area contributed by atoms with Crippen molar-refractivity contribution in [2.45, 2.75) is 140 Å². The Morgan fingerprint density at radius 3 is 1.63 bits per heavy atom. The van der Waals surface area contributed by atoms with Gasteiger partial charge in [-0.1, -0.05) is 32.4 Å². The zero-order valence-electron chi connectivity index (χ0n) is 38.6. The predicted molar refractivity (Wildman–Crippen MR) is 242 cm³/mol. The maximum Gasteiger partial charge on any atom is 0.326 e. The molecule has 10 amide bonds. The second kappa shape index (κ2) is 30.2. The number of carboxylic acids is 2. The van der Waals surface area contributed by atoms with Gasteiger partial charge in [-0.3, -0.25) is 43.2 Å². The molecule has 26 nitrogen and oxygen atoms in total. The van der Waals surface area contributed by atoms with Gasteiger partial charge in [-0.15, -0.1) is 0 Å². The predicted octanol–water partition coefficient (Wildman–Crippen LogP) is -3.86. The Balaban J connectivity index is 3.26. The number of carboxylic acid groups (broad SMARTS) is 2. The molecule has 0 radical (unpaired) electrons. The number of rotatable bonds is 32. The van der Waals surface area contributed by atoms with Gasteiger partial charge < -0.3 is 80.8 Å². The molecule has 0 aliphatic rings. The number of carbonyl (C=O) groups excluding carboxylic acids is 9. The molecule has 19 N–H and O–H groups in total. The van der Waals surface area contributed by atoms with E-state index in [4.69, 9.17) is 22.9 Å². The van der Waals surface area contributed by atoms with Gasteiger partial charge in [0.1, 0.15) is 48.0 Å². The summed E-state index contributed by atoms with van der Waals surface area (Å²) in [7, 11) is 0. The van der Waals surface area contributed by atoms with Gasteiger partial charge in [0.25, 0.3) is 0 Å². The number of nitrogens with two attached hydrogens (primary N) is 4. The second-order valence-electron chi connectivity index (χ2n) is 16.2. The first-order valence-corrected chi connectivity index (χ1v) is 22.0. The van der Waals surface area contributed by atoms with Crippen LogP contribution in [0.4, 0.5) is 4.79 Å². The molecular formula is C42H68N12O14. The molecule has 380 valence electrons. The van der Waals surface area contributed by atoms with Crippen LogP contribution in [0.25, 0.3) is 0 Å². The van der Waals surface area contributed by atoms with Gasteiger partial charge in [-0.05, 0) is 82.5 Å². The fourth-order valence-electron chi connectivity index (χ4n) is 6.32. The van der Waals surface area contributed by atoms with Crippen LogP contribution >= 0.6 is 0 Å². The molecule has 0 saturated heterocycles. The van der Waals surface area contributed by atoms with Gasteiger partial charge in [0, 0.05) is 13.0 Å². The second-order valence-corrected chi connectivity index (χ2v) is 16.2. The minimum atomic E-state index is -1.74. The van der Waals surface area contributed by atoms with E-state index < -0.39 is 132 Å². The number of nitrogens with one attached hydrogen (secondary N) is 8. The average molecular weight is 965 g/mol. The van der Waals surface area contributed by atoms with Gasteiger partial charge in [-0.25, -0.2) is 9.59 Å². The summed E-state index contributed by atoms with van der Waals surface area (Å²) >= 11 is 0. The van der Waals surface area contributed by atoms with Crippen LogP contribution in [0.5, 0.6) is 5.75 Å². The molecule has 1 aromatic carbocycles. The van der Waals surface area contributed by atoms with Crippen molar-refractivity contribution < 1.29 is 68.1 Å². The number of phenols is 1. The zero-order chi connectivity index (χ0) is 51.7. The molecule has 1 aromatic rings. The lowest BCUT2D eigenvalue weighted by Gasteiger charge is -2.28. The van der Waals surface area contributed by atoms with Crippen LogP contribution < -0.4 is 65.5 Å². The van der Waals surface area contributed by atoms with E-state index in [9.17, 15) is 68.1 Å². The Bertz CT molecular complexity index is 1920. The lowest BCUT2D eigenvalue weighted by atomic mass is 9.97. The summed E-state index contributed by atoms with van der Waals surface area (Å²) in [5.41, 5.74) is 21.8. The Morgan fingerprint density at radius 2 is 1.09 bits per heavy atom. The van der Waals surface area contributed by atoms with E-state index in [-0.39, 0.29) is 38.0 Å². The SMILES string of the molecule is CC[C@H](C)[C@H](NC(=O)[C@H](CC(=O)O)NC(=O)[C@@H](N)CC(N)=O)C(=O)N[C@@H](C)C(=O)N[C@@H](C)C(=O)N[C@@H](CCCCNC(N)=O)C(=O)N[C@@H](Cc1ccc(O)cc1)C(=O)N[C@@H](CCCCN)C(=O)O. The fraction of sp³-hybridized carbons (Fsp3) is 0.595. The van der Waals surface area contributed by atoms with Crippen LogP contribution in [-0.2, 0) is 54.4 Å². The Labute approximate surface area is 392 Å². The summed E-state index contributed by atoms with van der Waals surface area (Å²) in [6.45, 7) is 6.23. The summed E-state index contributed by atoms with van der Waals surface area (Å²) in [4.78, 5) is 140. The van der Waals surface area contributed by atoms with Crippen molar-refractivity contribution in [2.75, 3.05) is 13.1 Å². The molecule has 0 unspecified atom stereocenters. The first kappa shape index (κ1) is 58.9. The molecule has 0 aliphatic carbocycles. The fourth-order valence-corrected chi connectivity index (χ4v) is 6.32. The molecule has 0 fully saturated rings. The van der Waals surface area contributed by atoms with Gasteiger partial charge >= 0.3 is 18.0 Å². The first-order chi connectivity index (χ1) is 31.9. The highest BCUT2D eigenvalue weighted by Crippen LogP contribution is 2.14. The molecular weight excluding hydrogens is 897 g/mol. The van der Waals surface area contributed by atoms with Crippen LogP contribution in [0.15, 0.2) is 24.3 Å². The van der Waals surface area contributed by atoms with Crippen LogP contribution in [0.3, 0.4) is 0 Å². The number of amides is 10. The van der Waals surface area contributed by atoms with E-state index in [1.54, 1.807) is 13.8 Å². The molecule has 68 heavy (non-hydrogen) atoms. The molecule has 26 heteroatoms. The maximum atomic E-state index is 13.9. The van der Waals surface area contributed by atoms with E-state index in [1.807, 2.05) is 0 Å². The number of primary amides is 2. The van der Waals surface area contributed by atoms with Crippen molar-refractivity contribution in [1.82, 2.24) is 42.5 Å². The van der Waals surface area contributed by atoms with Crippen LogP contribution in [0, 0.1) is 5.92 Å². The van der Waals surface area contributed by atoms with E-state index in [0.29, 0.717) is 37.8 Å². The summed E-state index contributed by atoms with van der Waals surface area (Å²) < 4.78 is 0. The van der Waals surface area contributed by atoms with Crippen molar-refractivity contribution in [3.05, 3.63) is 29.8 Å². The number of benzene rings is 1. The lowest BCUT2D eigenvalue weighted by Crippen LogP contribution is -2.60. The number of urea groups is 1. The summed E-state index contributed by atoms with van der Waals surface area (Å²) in [6, 6.07) is -6.51. The Morgan fingerprint density at radius 1 is 0.588 bits per heavy atom. The van der Waals surface area contributed by atoms with Crippen molar-refractivity contribution >= 4 is 65.2 Å². The van der Waals surface area contributed by atoms with Crippen LogP contribution in [0.2, 0.25) is 0 Å². The topological polar surface area (TPSA) is 449 Å². The van der Waals surface area contributed by atoms with Crippen molar-refractivity contribution in [3.63, 3.8) is 0 Å². The van der Waals surface area contributed by atoms with Crippen molar-refractivity contribution in [3.8, 4) is 5.75 Å². The van der Waals surface area contributed by atoms with Gasteiger partial charge in [0.05, 0.1) is 18.9 Å². The molecule has 0 bridgehead atoms. The van der Waals surface area contributed by atoms with Crippen molar-refractivity contribution in [2.24, 2.45) is 28.9 Å². The minimum absolute atomic E-state index is 0.0464. The zero-order valence-corrected chi connectivity index (χ0v) is 38.6. The first-order valence-electron chi connectivity index (χ1n) is 22.0. The molecule has 0 heterocycles. The number of unbranched alkanes of at least 4 members (excludes halogenated alkanes) is 2. The monoisotopic (exact) mass is 964 g/mol. The highest BCUT2D eigenvalue weighted by atomic mass is 16.4. The smallest absolute Gasteiger partial charge is 0.326 e. The van der Waals surface area contributed by atoms with Crippen LogP contribution in [0.1, 0.15) is 91.0 Å². The standard InChI is InChI=1S/C42H68N12O14/c1-5-21(2)33(54-39(64)30(20-32(57)58)52-36(61)26(44)19-31(45)56)40(65)49-22(3)34(59)48-23(4)35(60)50-27(10-7-9-17-47-42(46)68)37(62)53-29(18-24-12-14-25(55)15-13-24)38(63)51-28(41(66)67)11-6-8-16-43/h12-15,21-23,26-30,33,55H,5-11,16-20,43-44H2,1-4H3,(H2,45,56)(H,48,59)(H,49,65)(H,50,60)(H,51,63)(H,52,61)(H,53,62)(H,54,64)(H,57,58)(H,66,67)(H3,46,47,68)/t21-,22-,23-,26-,27-,28-,29-,30-,33-/m0/s1. The molecule has 0 saturated carbocycles. The summed E-state index contributed by atoms with van der Waals surface area (Å²) in [6.07, 6.45) is -0.0123. The van der Waals surface area contributed by atoms with Crippen molar-refractivity contribution in [1.29, 1.82) is 0 Å². The van der Waals surface area contributed by atoms with E-state index >= 15 is 0 Å². The highest BCUT2D eigenvalue weighted by Gasteiger charge is 2.35. The average Bonchev–Trinajstić information content (AvgIpc) is 3.26. The van der Waals surface area contributed by atoms with Gasteiger partial charge in [0.2, 0.25) is 47.3 Å². The maximum absolute atomic E-state index is 13.9. The Hall–Kier alpha value is -7.09. The largest absolute Gasteiger partial charge is 0.508 e. The summed E-state index contributed by atoms with van der Waals surface area (Å²) in [5.74, 6) is -11.0. The number of phenolic OH excluding ortho intramolecular Hbond substituents is 1. The highest BCUT2D eigenvalue weighted by molar-refractivity contribution is 5.98. The van der Waals surface area contributed by atoms with Gasteiger partial charge in [-0.2, -0.15) is 0 Å². The van der Waals surface area contributed by atoms with E-state index in [1.165, 1.54) is 38.1 Å². The molecule has 9 atom stereocenters. The van der Waals surface area contributed by atoms with Gasteiger partial charge in [0.15, 0.2) is 0 Å². The minimum Gasteiger partial charge on any atom is -0.508 e. The number of hydrogen-bond acceptors (Lipinski definition) is 14. The molecule has 0 aliphatic heterocycles. The molecule has 0 aromatic heterocycles. The number of aromatic hydroxyl groups is 1. The number of hydrogen-bond donors (Lipinski definition) is 15. The van der Waals surface area contributed by atoms with E-state index in [0.717, 1.165) is 0 Å². The summed E-state index contributed by atoms with van der Waals surface area (Å²) in [5, 5.41) is 48.3. The Kier molecular flexibility index (Phi) is 26.2. The van der Waals surface area contributed by atoms with Crippen LogP contribution in [-0.4, -0.2) is 142 Å². The lowest BCUT2D eigenvalue weighted by molar-refractivity contribution is -0.142. The third kappa shape index (κ3) is 22.4. The third-order valence-electron chi connectivity index (χ3n) is 10.5. The molecule has 1 rings (SSSR count). The number of carbonyl (C=O) groups is 11. The third-order valence-corrected chi connectivity index (χ3v) is 10.5.